The second-order valence-electron chi connectivity index (χ2n) is 6.67. The van der Waals surface area contributed by atoms with E-state index >= 15 is 0 Å². The molecule has 2 rings (SSSR count). The smallest absolute Gasteiger partial charge is 0.237 e. The van der Waals surface area contributed by atoms with Gasteiger partial charge < -0.3 is 10.6 Å². The molecule has 0 fully saturated rings. The Morgan fingerprint density at radius 3 is 2.40 bits per heavy atom. The van der Waals surface area contributed by atoms with Crippen molar-refractivity contribution in [2.45, 2.75) is 50.1 Å². The number of benzene rings is 1. The molecule has 0 spiro atoms. The van der Waals surface area contributed by atoms with Crippen LogP contribution < -0.4 is 10.6 Å². The van der Waals surface area contributed by atoms with Crippen molar-refractivity contribution in [1.82, 2.24) is 10.2 Å². The first-order valence-electron chi connectivity index (χ1n) is 8.50. The second-order valence-corrected chi connectivity index (χ2v) is 9.24. The Kier molecular flexibility index (Phi) is 7.25. The summed E-state index contributed by atoms with van der Waals surface area (Å²) in [5.41, 5.74) is 2.08. The van der Waals surface area contributed by atoms with Crippen molar-refractivity contribution in [3.05, 3.63) is 29.8 Å². The van der Waals surface area contributed by atoms with Gasteiger partial charge in [-0.1, -0.05) is 62.9 Å². The lowest BCUT2D eigenvalue weighted by atomic mass is 10.0. The maximum atomic E-state index is 12.4. The first kappa shape index (κ1) is 19.7. The van der Waals surface area contributed by atoms with E-state index in [0.717, 1.165) is 21.7 Å². The Balaban J connectivity index is 1.87. The predicted octanol–water partition coefficient (Wildman–Crippen LogP) is 4.85. The molecule has 0 radical (unpaired) electrons. The van der Waals surface area contributed by atoms with E-state index in [4.69, 9.17) is 0 Å². The van der Waals surface area contributed by atoms with Crippen LogP contribution in [0.1, 0.15) is 46.1 Å². The zero-order chi connectivity index (χ0) is 18.4. The Labute approximate surface area is 158 Å². The van der Waals surface area contributed by atoms with Crippen LogP contribution in [0.5, 0.6) is 0 Å². The van der Waals surface area contributed by atoms with Gasteiger partial charge in [0.15, 0.2) is 4.34 Å². The summed E-state index contributed by atoms with van der Waals surface area (Å²) in [5.74, 6) is 0.996. The summed E-state index contributed by atoms with van der Waals surface area (Å²) < 4.78 is 0.795. The molecule has 0 saturated carbocycles. The zero-order valence-corrected chi connectivity index (χ0v) is 17.0. The lowest BCUT2D eigenvalue weighted by Gasteiger charge is -2.11. The summed E-state index contributed by atoms with van der Waals surface area (Å²) in [6, 6.07) is 8.00. The number of carbonyl (C=O) groups is 1. The maximum absolute atomic E-state index is 12.4. The summed E-state index contributed by atoms with van der Waals surface area (Å²) in [4.78, 5) is 12.4. The van der Waals surface area contributed by atoms with E-state index in [9.17, 15) is 4.79 Å². The molecule has 0 aliphatic rings. The van der Waals surface area contributed by atoms with E-state index in [-0.39, 0.29) is 11.2 Å². The molecule has 0 unspecified atom stereocenters. The van der Waals surface area contributed by atoms with Crippen LogP contribution in [-0.2, 0) is 4.79 Å². The van der Waals surface area contributed by atoms with Gasteiger partial charge in [-0.25, -0.2) is 0 Å². The van der Waals surface area contributed by atoms with Crippen molar-refractivity contribution in [1.29, 1.82) is 0 Å². The fourth-order valence-electron chi connectivity index (χ4n) is 2.02. The van der Waals surface area contributed by atoms with Gasteiger partial charge in [-0.3, -0.25) is 4.79 Å². The normalized spacial score (nSPS) is 12.4. The summed E-state index contributed by atoms with van der Waals surface area (Å²) in [5, 5.41) is 15.0. The Morgan fingerprint density at radius 2 is 1.80 bits per heavy atom. The second kappa shape index (κ2) is 9.20. The van der Waals surface area contributed by atoms with Crippen molar-refractivity contribution in [3.8, 4) is 0 Å². The summed E-state index contributed by atoms with van der Waals surface area (Å²) in [7, 11) is 0. The van der Waals surface area contributed by atoms with Crippen molar-refractivity contribution < 1.29 is 4.79 Å². The highest BCUT2D eigenvalue weighted by Crippen LogP contribution is 2.29. The molecule has 1 atom stereocenters. The molecule has 25 heavy (non-hydrogen) atoms. The highest BCUT2D eigenvalue weighted by atomic mass is 32.2. The minimum absolute atomic E-state index is 0.0332. The molecule has 0 bridgehead atoms. The maximum Gasteiger partial charge on any atom is 0.237 e. The minimum Gasteiger partial charge on any atom is -0.360 e. The van der Waals surface area contributed by atoms with Gasteiger partial charge in [-0.2, -0.15) is 0 Å². The van der Waals surface area contributed by atoms with Crippen molar-refractivity contribution >= 4 is 39.8 Å². The summed E-state index contributed by atoms with van der Waals surface area (Å²) >= 11 is 2.91. The van der Waals surface area contributed by atoms with Gasteiger partial charge in [0.05, 0.1) is 5.25 Å². The molecule has 2 N–H and O–H groups in total. The van der Waals surface area contributed by atoms with E-state index in [1.54, 1.807) is 0 Å². The van der Waals surface area contributed by atoms with Crippen LogP contribution in [0, 0.1) is 5.92 Å². The van der Waals surface area contributed by atoms with Crippen molar-refractivity contribution in [2.75, 3.05) is 17.2 Å². The number of nitrogens with one attached hydrogen (secondary N) is 2. The molecular weight excluding hydrogens is 352 g/mol. The molecule has 1 aromatic heterocycles. The monoisotopic (exact) mass is 378 g/mol. The minimum atomic E-state index is -0.240. The number of aromatic nitrogens is 2. The first-order valence-corrected chi connectivity index (χ1v) is 10.2. The molecule has 1 amide bonds. The molecule has 5 nitrogen and oxygen atoms in total. The lowest BCUT2D eigenvalue weighted by Crippen LogP contribution is -2.22. The molecule has 0 aliphatic carbocycles. The first-order chi connectivity index (χ1) is 11.8. The van der Waals surface area contributed by atoms with Gasteiger partial charge in [0, 0.05) is 12.2 Å². The van der Waals surface area contributed by atoms with Gasteiger partial charge in [0.1, 0.15) is 0 Å². The highest BCUT2D eigenvalue weighted by molar-refractivity contribution is 8.02. The number of rotatable bonds is 8. The van der Waals surface area contributed by atoms with Gasteiger partial charge in [0.25, 0.3) is 0 Å². The number of hydrogen-bond acceptors (Lipinski definition) is 6. The van der Waals surface area contributed by atoms with E-state index < -0.39 is 0 Å². The molecule has 1 aromatic carbocycles. The van der Waals surface area contributed by atoms with Crippen molar-refractivity contribution in [3.63, 3.8) is 0 Å². The number of nitrogens with zero attached hydrogens (tertiary/aromatic N) is 2. The molecule has 0 aliphatic heterocycles. The summed E-state index contributed by atoms with van der Waals surface area (Å²) in [6.45, 7) is 11.3. The number of anilines is 2. The fraction of sp³-hybridized carbons (Fsp3) is 0.500. The zero-order valence-electron chi connectivity index (χ0n) is 15.4. The molecule has 7 heteroatoms. The molecule has 2 aromatic rings. The number of carbonyl (C=O) groups excluding carboxylic acids is 1. The number of hydrogen-bond donors (Lipinski definition) is 2. The Hall–Kier alpha value is -1.60. The molecular formula is C18H26N4OS2. The lowest BCUT2D eigenvalue weighted by molar-refractivity contribution is -0.115. The number of amides is 1. The Bertz CT molecular complexity index is 683. The SMILES string of the molecule is CC(C)CNc1nnc(S[C@H](C)C(=O)Nc2ccc(C(C)C)cc2)s1. The van der Waals surface area contributed by atoms with E-state index in [1.165, 1.54) is 28.7 Å². The Morgan fingerprint density at radius 1 is 1.12 bits per heavy atom. The van der Waals surface area contributed by atoms with Crippen LogP contribution >= 0.6 is 23.1 Å². The average Bonchev–Trinajstić information content (AvgIpc) is 3.00. The van der Waals surface area contributed by atoms with Gasteiger partial charge in [-0.05, 0) is 36.5 Å². The van der Waals surface area contributed by atoms with Crippen LogP contribution in [0.2, 0.25) is 0 Å². The van der Waals surface area contributed by atoms with Gasteiger partial charge >= 0.3 is 0 Å². The third kappa shape index (κ3) is 6.32. The van der Waals surface area contributed by atoms with E-state index in [1.807, 2.05) is 19.1 Å². The van der Waals surface area contributed by atoms with Gasteiger partial charge in [0.2, 0.25) is 11.0 Å². The van der Waals surface area contributed by atoms with Crippen molar-refractivity contribution in [2.24, 2.45) is 5.92 Å². The van der Waals surface area contributed by atoms with Crippen LogP contribution in [0.15, 0.2) is 28.6 Å². The largest absolute Gasteiger partial charge is 0.360 e. The average molecular weight is 379 g/mol. The summed E-state index contributed by atoms with van der Waals surface area (Å²) in [6.07, 6.45) is 0. The van der Waals surface area contributed by atoms with E-state index in [2.05, 4.69) is 60.7 Å². The topological polar surface area (TPSA) is 66.9 Å². The molecule has 0 saturated heterocycles. The van der Waals surface area contributed by atoms with Crippen LogP contribution in [0.3, 0.4) is 0 Å². The number of thioether (sulfide) groups is 1. The molecule has 1 heterocycles. The fourth-order valence-corrected chi connectivity index (χ4v) is 3.92. The third-order valence-electron chi connectivity index (χ3n) is 3.56. The van der Waals surface area contributed by atoms with Crippen LogP contribution in [0.4, 0.5) is 10.8 Å². The predicted molar refractivity (Wildman–Crippen MR) is 108 cm³/mol. The third-order valence-corrected chi connectivity index (χ3v) is 5.62. The molecule has 136 valence electrons. The standard InChI is InChI=1S/C18H26N4OS2/c1-11(2)10-19-17-21-22-18(25-17)24-13(5)16(23)20-15-8-6-14(7-9-15)12(3)4/h6-9,11-13H,10H2,1-5H3,(H,19,21)(H,20,23)/t13-/m1/s1. The quantitative estimate of drug-likeness (QED) is 0.643. The van der Waals surface area contributed by atoms with E-state index in [0.29, 0.717) is 11.8 Å². The van der Waals surface area contributed by atoms with Crippen LogP contribution in [0.25, 0.3) is 0 Å². The highest BCUT2D eigenvalue weighted by Gasteiger charge is 2.17. The van der Waals surface area contributed by atoms with Gasteiger partial charge in [-0.15, -0.1) is 10.2 Å². The van der Waals surface area contributed by atoms with Crippen LogP contribution in [-0.4, -0.2) is 27.9 Å².